The molecule has 5 nitrogen and oxygen atoms in total. The fourth-order valence-corrected chi connectivity index (χ4v) is 1.43. The van der Waals surface area contributed by atoms with Crippen LogP contribution in [-0.4, -0.2) is 29.4 Å². The molecule has 5 heteroatoms. The molecule has 1 heterocycles. The van der Waals surface area contributed by atoms with Gasteiger partial charge in [-0.2, -0.15) is 0 Å². The van der Waals surface area contributed by atoms with Gasteiger partial charge in [0.25, 0.3) is 11.8 Å². The smallest absolute Gasteiger partial charge is 0.269 e. The Morgan fingerprint density at radius 1 is 1.32 bits per heavy atom. The summed E-state index contributed by atoms with van der Waals surface area (Å²) in [6, 6.07) is 3.23. The second kappa shape index (κ2) is 7.51. The highest BCUT2D eigenvalue weighted by atomic mass is 16.2. The van der Waals surface area contributed by atoms with Crippen LogP contribution in [0.25, 0.3) is 0 Å². The van der Waals surface area contributed by atoms with Gasteiger partial charge in [-0.1, -0.05) is 13.8 Å². The second-order valence-electron chi connectivity index (χ2n) is 4.47. The molecule has 0 radical (unpaired) electrons. The third-order valence-electron chi connectivity index (χ3n) is 2.78. The Morgan fingerprint density at radius 3 is 2.68 bits per heavy atom. The van der Waals surface area contributed by atoms with Crippen molar-refractivity contribution in [3.05, 3.63) is 29.6 Å². The molecule has 1 aromatic rings. The van der Waals surface area contributed by atoms with Gasteiger partial charge in [-0.05, 0) is 31.9 Å². The van der Waals surface area contributed by atoms with Crippen molar-refractivity contribution in [2.45, 2.75) is 39.7 Å². The van der Waals surface area contributed by atoms with Crippen molar-refractivity contribution in [2.24, 2.45) is 0 Å². The zero-order chi connectivity index (χ0) is 14.3. The summed E-state index contributed by atoms with van der Waals surface area (Å²) < 4.78 is 0. The Hall–Kier alpha value is -1.91. The second-order valence-corrected chi connectivity index (χ2v) is 4.47. The lowest BCUT2D eigenvalue weighted by molar-refractivity contribution is 0.0939. The average Bonchev–Trinajstić information content (AvgIpc) is 2.44. The maximum atomic E-state index is 11.9. The molecule has 1 unspecified atom stereocenters. The third kappa shape index (κ3) is 4.69. The van der Waals surface area contributed by atoms with Gasteiger partial charge in [0.15, 0.2) is 0 Å². The van der Waals surface area contributed by atoms with Crippen molar-refractivity contribution in [2.75, 3.05) is 6.54 Å². The molecule has 0 spiro atoms. The average molecular weight is 263 g/mol. The van der Waals surface area contributed by atoms with Crippen molar-refractivity contribution in [3.8, 4) is 0 Å². The number of hydrogen-bond acceptors (Lipinski definition) is 3. The van der Waals surface area contributed by atoms with E-state index in [0.717, 1.165) is 12.8 Å². The molecular formula is C14H21N3O2. The lowest BCUT2D eigenvalue weighted by Crippen LogP contribution is -2.32. The van der Waals surface area contributed by atoms with Crippen LogP contribution in [0, 0.1) is 0 Å². The van der Waals surface area contributed by atoms with Crippen LogP contribution in [0.5, 0.6) is 0 Å². The first-order valence-electron chi connectivity index (χ1n) is 6.63. The van der Waals surface area contributed by atoms with E-state index in [2.05, 4.69) is 15.6 Å². The first-order valence-corrected chi connectivity index (χ1v) is 6.63. The van der Waals surface area contributed by atoms with Crippen LogP contribution in [0.2, 0.25) is 0 Å². The van der Waals surface area contributed by atoms with Crippen LogP contribution in [0.15, 0.2) is 18.3 Å². The van der Waals surface area contributed by atoms with Crippen molar-refractivity contribution in [1.82, 2.24) is 15.6 Å². The monoisotopic (exact) mass is 263 g/mol. The summed E-state index contributed by atoms with van der Waals surface area (Å²) in [5.74, 6) is -0.429. The van der Waals surface area contributed by atoms with Crippen molar-refractivity contribution in [3.63, 3.8) is 0 Å². The topological polar surface area (TPSA) is 71.1 Å². The van der Waals surface area contributed by atoms with Gasteiger partial charge >= 0.3 is 0 Å². The van der Waals surface area contributed by atoms with Crippen molar-refractivity contribution < 1.29 is 9.59 Å². The van der Waals surface area contributed by atoms with Gasteiger partial charge < -0.3 is 10.6 Å². The maximum absolute atomic E-state index is 11.9. The number of nitrogens with one attached hydrogen (secondary N) is 2. The number of amides is 2. The van der Waals surface area contributed by atoms with Crippen LogP contribution in [0.1, 0.15) is 54.5 Å². The van der Waals surface area contributed by atoms with Gasteiger partial charge in [0.2, 0.25) is 0 Å². The summed E-state index contributed by atoms with van der Waals surface area (Å²) in [5, 5.41) is 5.59. The molecule has 1 rings (SSSR count). The number of rotatable bonds is 6. The van der Waals surface area contributed by atoms with E-state index < -0.39 is 0 Å². The number of carbonyl (C=O) groups is 2. The Kier molecular flexibility index (Phi) is 5.99. The largest absolute Gasteiger partial charge is 0.351 e. The van der Waals surface area contributed by atoms with Crippen LogP contribution in [-0.2, 0) is 0 Å². The van der Waals surface area contributed by atoms with Crippen LogP contribution >= 0.6 is 0 Å². The highest BCUT2D eigenvalue weighted by Crippen LogP contribution is 2.03. The first kappa shape index (κ1) is 15.1. The van der Waals surface area contributed by atoms with Gasteiger partial charge in [-0.3, -0.25) is 14.6 Å². The molecule has 1 aromatic heterocycles. The predicted molar refractivity (Wildman–Crippen MR) is 74.1 cm³/mol. The molecule has 104 valence electrons. The number of carbonyl (C=O) groups excluding carboxylic acids is 2. The molecule has 0 fully saturated rings. The van der Waals surface area contributed by atoms with Crippen molar-refractivity contribution >= 4 is 11.8 Å². The molecule has 0 aromatic carbocycles. The molecule has 2 N–H and O–H groups in total. The summed E-state index contributed by atoms with van der Waals surface area (Å²) in [5.41, 5.74) is 0.724. The highest BCUT2D eigenvalue weighted by molar-refractivity contribution is 5.98. The molecule has 0 bridgehead atoms. The van der Waals surface area contributed by atoms with Crippen molar-refractivity contribution in [1.29, 1.82) is 0 Å². The van der Waals surface area contributed by atoms with E-state index in [9.17, 15) is 9.59 Å². The van der Waals surface area contributed by atoms with Gasteiger partial charge in [-0.25, -0.2) is 0 Å². The predicted octanol–water partition coefficient (Wildman–Crippen LogP) is 1.75. The molecule has 1 atom stereocenters. The fraction of sp³-hybridized carbons (Fsp3) is 0.500. The first-order chi connectivity index (χ1) is 9.08. The van der Waals surface area contributed by atoms with Crippen LogP contribution < -0.4 is 10.6 Å². The minimum absolute atomic E-state index is 0.109. The Bertz CT molecular complexity index is 446. The number of aromatic nitrogens is 1. The number of nitrogens with zero attached hydrogens (tertiary/aromatic N) is 1. The molecular weight excluding hydrogens is 242 g/mol. The zero-order valence-electron chi connectivity index (χ0n) is 11.7. The molecule has 19 heavy (non-hydrogen) atoms. The lowest BCUT2D eigenvalue weighted by Gasteiger charge is -2.11. The van der Waals surface area contributed by atoms with E-state index in [0.29, 0.717) is 12.1 Å². The lowest BCUT2D eigenvalue weighted by atomic mass is 10.2. The molecule has 0 saturated heterocycles. The molecule has 0 aliphatic heterocycles. The van der Waals surface area contributed by atoms with E-state index in [1.54, 1.807) is 6.07 Å². The van der Waals surface area contributed by atoms with E-state index in [-0.39, 0.29) is 23.6 Å². The normalized spacial score (nSPS) is 11.7. The standard InChI is InChI=1S/C14H21N3O2/c1-4-7-16-14(19)12-9-11(6-8-15-12)13(18)17-10(3)5-2/h6,8-10H,4-5,7H2,1-3H3,(H,16,19)(H,17,18). The van der Waals surface area contributed by atoms with E-state index in [4.69, 9.17) is 0 Å². The van der Waals surface area contributed by atoms with Gasteiger partial charge in [0.05, 0.1) is 0 Å². The van der Waals surface area contributed by atoms with Gasteiger partial charge in [0, 0.05) is 24.3 Å². The van der Waals surface area contributed by atoms with E-state index in [1.165, 1.54) is 12.3 Å². The summed E-state index contributed by atoms with van der Waals surface area (Å²) >= 11 is 0. The quantitative estimate of drug-likeness (QED) is 0.821. The summed E-state index contributed by atoms with van der Waals surface area (Å²) in [7, 11) is 0. The Balaban J connectivity index is 2.76. The fourth-order valence-electron chi connectivity index (χ4n) is 1.43. The summed E-state index contributed by atoms with van der Waals surface area (Å²) in [6.45, 7) is 6.52. The summed E-state index contributed by atoms with van der Waals surface area (Å²) in [6.07, 6.45) is 3.20. The van der Waals surface area contributed by atoms with Gasteiger partial charge in [0.1, 0.15) is 5.69 Å². The number of pyridine rings is 1. The molecule has 0 aliphatic rings. The van der Waals surface area contributed by atoms with Crippen LogP contribution in [0.3, 0.4) is 0 Å². The Morgan fingerprint density at radius 2 is 2.05 bits per heavy atom. The molecule has 0 saturated carbocycles. The SMILES string of the molecule is CCCNC(=O)c1cc(C(=O)NC(C)CC)ccn1. The van der Waals surface area contributed by atoms with E-state index >= 15 is 0 Å². The minimum Gasteiger partial charge on any atom is -0.351 e. The highest BCUT2D eigenvalue weighted by Gasteiger charge is 2.12. The molecule has 2 amide bonds. The van der Waals surface area contributed by atoms with E-state index in [1.807, 2.05) is 20.8 Å². The number of hydrogen-bond donors (Lipinski definition) is 2. The maximum Gasteiger partial charge on any atom is 0.269 e. The molecule has 0 aliphatic carbocycles. The third-order valence-corrected chi connectivity index (χ3v) is 2.78. The minimum atomic E-state index is -0.250. The Labute approximate surface area is 113 Å². The van der Waals surface area contributed by atoms with Gasteiger partial charge in [-0.15, -0.1) is 0 Å². The summed E-state index contributed by atoms with van der Waals surface area (Å²) in [4.78, 5) is 27.7. The van der Waals surface area contributed by atoms with Crippen LogP contribution in [0.4, 0.5) is 0 Å². The zero-order valence-corrected chi connectivity index (χ0v) is 11.7.